The lowest BCUT2D eigenvalue weighted by Gasteiger charge is -2.15. The van der Waals surface area contributed by atoms with Crippen molar-refractivity contribution in [3.8, 4) is 0 Å². The fourth-order valence-electron chi connectivity index (χ4n) is 2.95. The van der Waals surface area contributed by atoms with Crippen LogP contribution in [0.4, 0.5) is 10.2 Å². The lowest BCUT2D eigenvalue weighted by atomic mass is 10.1. The van der Waals surface area contributed by atoms with Gasteiger partial charge in [0.15, 0.2) is 11.6 Å². The van der Waals surface area contributed by atoms with E-state index in [0.717, 1.165) is 18.9 Å². The molecule has 0 amide bonds. The van der Waals surface area contributed by atoms with E-state index in [0.29, 0.717) is 6.29 Å². The summed E-state index contributed by atoms with van der Waals surface area (Å²) in [5.41, 5.74) is 4.74. The van der Waals surface area contributed by atoms with Gasteiger partial charge in [-0.3, -0.25) is 4.79 Å². The van der Waals surface area contributed by atoms with Crippen LogP contribution in [0.5, 0.6) is 0 Å². The Kier molecular flexibility index (Phi) is 5.87. The standard InChI is InChI=1S/C18H20FN5O5/c1-29-23-14(9(5-20)8-25)6-21-16-13(19)4-11-15(26)12(18(27)28)7-24(10-2-3-10)17(11)22-16/h4,7-10H,2-3,5-6,20H2,1H3,(H,21,22)(H,27,28)/b23-14+. The van der Waals surface area contributed by atoms with Crippen LogP contribution in [0.15, 0.2) is 22.2 Å². The van der Waals surface area contributed by atoms with Gasteiger partial charge in [-0.05, 0) is 18.9 Å². The molecular weight excluding hydrogens is 385 g/mol. The number of oxime groups is 1. The van der Waals surface area contributed by atoms with Crippen molar-refractivity contribution in [2.75, 3.05) is 25.5 Å². The molecule has 154 valence electrons. The van der Waals surface area contributed by atoms with Gasteiger partial charge < -0.3 is 30.4 Å². The molecule has 0 spiro atoms. The number of rotatable bonds is 9. The zero-order chi connectivity index (χ0) is 21.1. The summed E-state index contributed by atoms with van der Waals surface area (Å²) in [5.74, 6) is -3.10. The summed E-state index contributed by atoms with van der Waals surface area (Å²) in [4.78, 5) is 43.9. The van der Waals surface area contributed by atoms with Gasteiger partial charge in [0.1, 0.15) is 24.6 Å². The SMILES string of the molecule is CO/N=C(\CNc1nc2c(cc1F)c(=O)c(C(=O)O)cn2C1CC1)C(C=O)CN. The first kappa shape index (κ1) is 20.4. The molecule has 10 nitrogen and oxygen atoms in total. The molecule has 0 aliphatic heterocycles. The Labute approximate surface area is 164 Å². The summed E-state index contributed by atoms with van der Waals surface area (Å²) in [7, 11) is 1.31. The highest BCUT2D eigenvalue weighted by Crippen LogP contribution is 2.36. The monoisotopic (exact) mass is 405 g/mol. The number of aromatic nitrogens is 2. The molecule has 11 heteroatoms. The van der Waals surface area contributed by atoms with Gasteiger partial charge in [-0.1, -0.05) is 5.16 Å². The highest BCUT2D eigenvalue weighted by atomic mass is 19.1. The predicted molar refractivity (Wildman–Crippen MR) is 103 cm³/mol. The summed E-state index contributed by atoms with van der Waals surface area (Å²) in [5, 5.41) is 15.6. The molecule has 1 atom stereocenters. The number of carboxylic acids is 1. The average Bonchev–Trinajstić information content (AvgIpc) is 3.52. The Morgan fingerprint density at radius 1 is 1.59 bits per heavy atom. The molecule has 0 bridgehead atoms. The number of nitrogens with one attached hydrogen (secondary N) is 1. The molecule has 2 heterocycles. The maximum Gasteiger partial charge on any atom is 0.341 e. The fourth-order valence-corrected chi connectivity index (χ4v) is 2.95. The number of hydrogen-bond donors (Lipinski definition) is 3. The largest absolute Gasteiger partial charge is 0.477 e. The maximum absolute atomic E-state index is 14.6. The number of aldehydes is 1. The van der Waals surface area contributed by atoms with E-state index < -0.39 is 28.7 Å². The fraction of sp³-hybridized carbons (Fsp3) is 0.389. The number of carbonyl (C=O) groups excluding carboxylic acids is 1. The second-order valence-electron chi connectivity index (χ2n) is 6.60. The van der Waals surface area contributed by atoms with Gasteiger partial charge in [0, 0.05) is 18.8 Å². The second-order valence-corrected chi connectivity index (χ2v) is 6.60. The van der Waals surface area contributed by atoms with Crippen LogP contribution in [-0.2, 0) is 9.63 Å². The molecule has 2 aromatic rings. The van der Waals surface area contributed by atoms with Crippen LogP contribution in [-0.4, -0.2) is 52.8 Å². The Morgan fingerprint density at radius 3 is 2.86 bits per heavy atom. The maximum atomic E-state index is 14.6. The first-order valence-electron chi connectivity index (χ1n) is 8.89. The smallest absolute Gasteiger partial charge is 0.341 e. The molecule has 0 radical (unpaired) electrons. The van der Waals surface area contributed by atoms with Gasteiger partial charge in [-0.15, -0.1) is 0 Å². The quantitative estimate of drug-likeness (QED) is 0.314. The highest BCUT2D eigenvalue weighted by molar-refractivity contribution is 6.00. The van der Waals surface area contributed by atoms with Gasteiger partial charge in [-0.25, -0.2) is 14.2 Å². The lowest BCUT2D eigenvalue weighted by molar-refractivity contribution is -0.109. The molecule has 1 aliphatic rings. The minimum Gasteiger partial charge on any atom is -0.477 e. The van der Waals surface area contributed by atoms with E-state index in [9.17, 15) is 23.9 Å². The highest BCUT2D eigenvalue weighted by Gasteiger charge is 2.28. The number of halogens is 1. The number of nitrogens with zero attached hydrogens (tertiary/aromatic N) is 3. The summed E-state index contributed by atoms with van der Waals surface area (Å²) in [6.07, 6.45) is 3.47. The van der Waals surface area contributed by atoms with Crippen molar-refractivity contribution in [3.63, 3.8) is 0 Å². The molecule has 0 aromatic carbocycles. The van der Waals surface area contributed by atoms with Crippen LogP contribution in [0.25, 0.3) is 11.0 Å². The molecule has 0 saturated heterocycles. The van der Waals surface area contributed by atoms with Crippen molar-refractivity contribution in [1.29, 1.82) is 0 Å². The van der Waals surface area contributed by atoms with E-state index in [2.05, 4.69) is 15.5 Å². The number of pyridine rings is 2. The van der Waals surface area contributed by atoms with Gasteiger partial charge in [0.25, 0.3) is 0 Å². The molecule has 4 N–H and O–H groups in total. The number of anilines is 1. The van der Waals surface area contributed by atoms with Crippen molar-refractivity contribution < 1.29 is 23.9 Å². The molecule has 1 aliphatic carbocycles. The number of aromatic carboxylic acids is 1. The average molecular weight is 405 g/mol. The van der Waals surface area contributed by atoms with Crippen LogP contribution in [0, 0.1) is 11.7 Å². The van der Waals surface area contributed by atoms with E-state index in [1.165, 1.54) is 13.3 Å². The molecule has 29 heavy (non-hydrogen) atoms. The molecule has 1 fully saturated rings. The van der Waals surface area contributed by atoms with Gasteiger partial charge >= 0.3 is 5.97 Å². The van der Waals surface area contributed by atoms with Crippen LogP contribution < -0.4 is 16.5 Å². The van der Waals surface area contributed by atoms with E-state index in [1.54, 1.807) is 4.57 Å². The molecular formula is C18H20FN5O5. The van der Waals surface area contributed by atoms with Crippen LogP contribution in [0.3, 0.4) is 0 Å². The molecule has 1 unspecified atom stereocenters. The molecule has 3 rings (SSSR count). The second kappa shape index (κ2) is 8.35. The van der Waals surface area contributed by atoms with E-state index in [1.807, 2.05) is 0 Å². The third kappa shape index (κ3) is 4.09. The first-order chi connectivity index (χ1) is 13.9. The topological polar surface area (TPSA) is 149 Å². The zero-order valence-electron chi connectivity index (χ0n) is 15.6. The number of carbonyl (C=O) groups is 2. The van der Waals surface area contributed by atoms with Crippen molar-refractivity contribution >= 4 is 34.8 Å². The summed E-state index contributed by atoms with van der Waals surface area (Å²) in [6, 6.07) is 0.968. The van der Waals surface area contributed by atoms with Crippen LogP contribution in [0.2, 0.25) is 0 Å². The third-order valence-electron chi connectivity index (χ3n) is 4.62. The summed E-state index contributed by atoms with van der Waals surface area (Å²) < 4.78 is 16.2. The number of carboxylic acid groups (broad SMARTS) is 1. The first-order valence-corrected chi connectivity index (χ1v) is 8.89. The number of hydrogen-bond acceptors (Lipinski definition) is 8. The van der Waals surface area contributed by atoms with Crippen molar-refractivity contribution in [1.82, 2.24) is 9.55 Å². The van der Waals surface area contributed by atoms with Crippen molar-refractivity contribution in [3.05, 3.63) is 33.9 Å². The summed E-state index contributed by atoms with van der Waals surface area (Å²) >= 11 is 0. The van der Waals surface area contributed by atoms with E-state index in [4.69, 9.17) is 10.6 Å². The van der Waals surface area contributed by atoms with E-state index in [-0.39, 0.29) is 41.7 Å². The third-order valence-corrected chi connectivity index (χ3v) is 4.62. The van der Waals surface area contributed by atoms with Crippen molar-refractivity contribution in [2.24, 2.45) is 16.8 Å². The zero-order valence-corrected chi connectivity index (χ0v) is 15.6. The van der Waals surface area contributed by atoms with Crippen molar-refractivity contribution in [2.45, 2.75) is 18.9 Å². The normalized spacial score (nSPS) is 15.2. The van der Waals surface area contributed by atoms with Gasteiger partial charge in [0.05, 0.1) is 23.6 Å². The predicted octanol–water partition coefficient (Wildman–Crippen LogP) is 0.757. The Bertz CT molecular complexity index is 1050. The van der Waals surface area contributed by atoms with E-state index >= 15 is 0 Å². The van der Waals surface area contributed by atoms with Crippen LogP contribution >= 0.6 is 0 Å². The minimum atomic E-state index is -1.38. The Hall–Kier alpha value is -3.34. The lowest BCUT2D eigenvalue weighted by Crippen LogP contribution is -2.31. The number of nitrogens with two attached hydrogens (primary N) is 1. The number of fused-ring (bicyclic) bond motifs is 1. The summed E-state index contributed by atoms with van der Waals surface area (Å²) in [6.45, 7) is -0.0645. The Morgan fingerprint density at radius 2 is 2.31 bits per heavy atom. The van der Waals surface area contributed by atoms with Gasteiger partial charge in [-0.2, -0.15) is 0 Å². The molecule has 1 saturated carbocycles. The minimum absolute atomic E-state index is 0.000190. The Balaban J connectivity index is 2.03. The van der Waals surface area contributed by atoms with Gasteiger partial charge in [0.2, 0.25) is 5.43 Å². The molecule has 2 aromatic heterocycles. The van der Waals surface area contributed by atoms with Crippen LogP contribution in [0.1, 0.15) is 29.2 Å².